The summed E-state index contributed by atoms with van der Waals surface area (Å²) in [6, 6.07) is 9.71. The zero-order valence-electron chi connectivity index (χ0n) is 15.4. The average molecular weight is 364 g/mol. The van der Waals surface area contributed by atoms with Crippen LogP contribution in [0.2, 0.25) is 0 Å². The first-order valence-corrected chi connectivity index (χ1v) is 9.22. The van der Waals surface area contributed by atoms with Crippen molar-refractivity contribution in [2.45, 2.75) is 31.9 Å². The number of carbonyl (C=O) groups is 1. The molecule has 0 saturated heterocycles. The topological polar surface area (TPSA) is 77.5 Å². The van der Waals surface area contributed by atoms with Crippen LogP contribution in [-0.2, 0) is 16.1 Å². The quantitative estimate of drug-likeness (QED) is 0.768. The van der Waals surface area contributed by atoms with Gasteiger partial charge in [-0.2, -0.15) is 0 Å². The molecule has 0 radical (unpaired) electrons. The third kappa shape index (κ3) is 4.04. The Bertz CT molecular complexity index is 920. The van der Waals surface area contributed by atoms with Crippen LogP contribution in [0, 0.1) is 5.92 Å². The zero-order valence-corrected chi connectivity index (χ0v) is 15.4. The number of nitrogens with one attached hydrogen (secondary N) is 1. The van der Waals surface area contributed by atoms with Crippen LogP contribution >= 0.6 is 0 Å². The molecule has 2 unspecified atom stereocenters. The first kappa shape index (κ1) is 17.8. The van der Waals surface area contributed by atoms with Gasteiger partial charge in [0.25, 0.3) is 0 Å². The van der Waals surface area contributed by atoms with Crippen LogP contribution in [0.5, 0.6) is 0 Å². The van der Waals surface area contributed by atoms with Gasteiger partial charge in [0, 0.05) is 23.0 Å². The van der Waals surface area contributed by atoms with Crippen LogP contribution in [0.4, 0.5) is 0 Å². The molecule has 5 heteroatoms. The van der Waals surface area contributed by atoms with Crippen molar-refractivity contribution in [1.29, 1.82) is 0 Å². The van der Waals surface area contributed by atoms with E-state index in [0.717, 1.165) is 29.4 Å². The molecule has 2 aromatic rings. The molecule has 1 amide bonds. The minimum absolute atomic E-state index is 0.0195. The predicted octanol–water partition coefficient (Wildman–Crippen LogP) is 3.57. The fraction of sp³-hybridized carbons (Fsp3) is 0.318. The molecule has 3 N–H and O–H groups in total. The molecule has 5 nitrogen and oxygen atoms in total. The van der Waals surface area contributed by atoms with Crippen molar-refractivity contribution in [3.8, 4) is 0 Å². The predicted molar refractivity (Wildman–Crippen MR) is 105 cm³/mol. The third-order valence-corrected chi connectivity index (χ3v) is 5.18. The van der Waals surface area contributed by atoms with Gasteiger partial charge in [-0.3, -0.25) is 4.79 Å². The summed E-state index contributed by atoms with van der Waals surface area (Å²) in [5, 5.41) is 3.83. The maximum absolute atomic E-state index is 12.0. The number of benzene rings is 1. The number of carbonyl (C=O) groups excluding carboxylic acids is 1. The molecule has 0 aliphatic heterocycles. The van der Waals surface area contributed by atoms with E-state index in [1.807, 2.05) is 37.3 Å². The Balaban J connectivity index is 1.26. The lowest BCUT2D eigenvalue weighted by atomic mass is 10.0. The van der Waals surface area contributed by atoms with Gasteiger partial charge in [0.1, 0.15) is 24.6 Å². The van der Waals surface area contributed by atoms with E-state index in [1.165, 1.54) is 5.57 Å². The van der Waals surface area contributed by atoms with Gasteiger partial charge in [0.05, 0.1) is 0 Å². The number of hydrogen-bond acceptors (Lipinski definition) is 4. The zero-order chi connectivity index (χ0) is 18.9. The normalized spacial score (nSPS) is 24.3. The molecule has 0 spiro atoms. The number of fused-ring (bicyclic) bond motifs is 2. The second kappa shape index (κ2) is 7.18. The van der Waals surface area contributed by atoms with Gasteiger partial charge in [-0.15, -0.1) is 0 Å². The van der Waals surface area contributed by atoms with Crippen molar-refractivity contribution in [2.75, 3.05) is 6.61 Å². The monoisotopic (exact) mass is 364 g/mol. The van der Waals surface area contributed by atoms with E-state index < -0.39 is 0 Å². The number of allylic oxidation sites excluding steroid dienone is 3. The number of rotatable bonds is 6. The second-order valence-electron chi connectivity index (χ2n) is 7.36. The van der Waals surface area contributed by atoms with E-state index in [0.29, 0.717) is 11.7 Å². The summed E-state index contributed by atoms with van der Waals surface area (Å²) < 4.78 is 11.1. The Labute approximate surface area is 158 Å². The van der Waals surface area contributed by atoms with E-state index in [9.17, 15) is 4.79 Å². The number of hydrogen-bond donors (Lipinski definition) is 2. The Morgan fingerprint density at radius 2 is 2.30 bits per heavy atom. The average Bonchev–Trinajstić information content (AvgIpc) is 3.14. The minimum atomic E-state index is -0.185. The van der Waals surface area contributed by atoms with E-state index in [4.69, 9.17) is 14.9 Å². The van der Waals surface area contributed by atoms with E-state index >= 15 is 0 Å². The standard InChI is InChI=1S/C22H24N2O3/c1-15(16-6-4-8-22(23)11-18(22)9-16)12-24-21(25)14-26-13-19-10-17-5-2-3-7-20(17)27-19/h2-5,7-10,12,18H,6,11,13-14,23H2,1H3,(H,24,25)/b15-12+. The molecule has 0 bridgehead atoms. The summed E-state index contributed by atoms with van der Waals surface area (Å²) in [5.74, 6) is 0.938. The molecular formula is C22H24N2O3. The van der Waals surface area contributed by atoms with Gasteiger partial charge in [-0.1, -0.05) is 36.4 Å². The first-order valence-electron chi connectivity index (χ1n) is 9.22. The molecule has 1 heterocycles. The van der Waals surface area contributed by atoms with Crippen molar-refractivity contribution in [3.63, 3.8) is 0 Å². The fourth-order valence-electron chi connectivity index (χ4n) is 3.41. The SMILES string of the molecule is C/C(=C\NC(=O)COCc1cc2ccccc2o1)C1=CC2CC2(N)C=CC1. The van der Waals surface area contributed by atoms with Gasteiger partial charge in [0.2, 0.25) is 5.91 Å². The lowest BCUT2D eigenvalue weighted by Gasteiger charge is -2.07. The summed E-state index contributed by atoms with van der Waals surface area (Å²) in [6.07, 6.45) is 10.1. The minimum Gasteiger partial charge on any atom is -0.459 e. The Hall–Kier alpha value is -2.63. The molecule has 2 atom stereocenters. The number of para-hydroxylation sites is 1. The number of nitrogens with two attached hydrogens (primary N) is 1. The van der Waals surface area contributed by atoms with E-state index in [1.54, 1.807) is 6.20 Å². The number of amides is 1. The van der Waals surface area contributed by atoms with Gasteiger partial charge >= 0.3 is 0 Å². The largest absolute Gasteiger partial charge is 0.459 e. The molecule has 1 saturated carbocycles. The van der Waals surface area contributed by atoms with Crippen LogP contribution in [0.1, 0.15) is 25.5 Å². The number of furan rings is 1. The van der Waals surface area contributed by atoms with Crippen molar-refractivity contribution < 1.29 is 13.9 Å². The second-order valence-corrected chi connectivity index (χ2v) is 7.36. The van der Waals surface area contributed by atoms with Gasteiger partial charge in [-0.25, -0.2) is 0 Å². The van der Waals surface area contributed by atoms with Gasteiger partial charge in [-0.05, 0) is 43.0 Å². The summed E-state index contributed by atoms with van der Waals surface area (Å²) >= 11 is 0. The van der Waals surface area contributed by atoms with Crippen molar-refractivity contribution in [2.24, 2.45) is 11.7 Å². The van der Waals surface area contributed by atoms with Crippen LogP contribution in [0.25, 0.3) is 11.0 Å². The Kier molecular flexibility index (Phi) is 4.72. The van der Waals surface area contributed by atoms with Crippen LogP contribution in [0.15, 0.2) is 70.3 Å². The highest BCUT2D eigenvalue weighted by Gasteiger charge is 2.48. The number of ether oxygens (including phenoxy) is 1. The smallest absolute Gasteiger partial charge is 0.249 e. The lowest BCUT2D eigenvalue weighted by Crippen LogP contribution is -2.23. The van der Waals surface area contributed by atoms with E-state index in [-0.39, 0.29) is 24.7 Å². The van der Waals surface area contributed by atoms with Crippen molar-refractivity contribution in [3.05, 3.63) is 71.7 Å². The van der Waals surface area contributed by atoms with Crippen LogP contribution in [-0.4, -0.2) is 18.1 Å². The summed E-state index contributed by atoms with van der Waals surface area (Å²) in [7, 11) is 0. The lowest BCUT2D eigenvalue weighted by molar-refractivity contribution is -0.125. The molecule has 2 aliphatic rings. The highest BCUT2D eigenvalue weighted by molar-refractivity contribution is 5.78. The molecule has 27 heavy (non-hydrogen) atoms. The maximum atomic E-state index is 12.0. The van der Waals surface area contributed by atoms with Gasteiger partial charge < -0.3 is 20.2 Å². The molecule has 4 rings (SSSR count). The molecule has 2 aliphatic carbocycles. The summed E-state index contributed by atoms with van der Waals surface area (Å²) in [6.45, 7) is 2.25. The van der Waals surface area contributed by atoms with Gasteiger partial charge in [0.15, 0.2) is 0 Å². The highest BCUT2D eigenvalue weighted by atomic mass is 16.5. The molecular weight excluding hydrogens is 340 g/mol. The maximum Gasteiger partial charge on any atom is 0.249 e. The van der Waals surface area contributed by atoms with Crippen LogP contribution < -0.4 is 11.1 Å². The van der Waals surface area contributed by atoms with Crippen molar-refractivity contribution in [1.82, 2.24) is 5.32 Å². The Morgan fingerprint density at radius 3 is 3.15 bits per heavy atom. The Morgan fingerprint density at radius 1 is 1.44 bits per heavy atom. The third-order valence-electron chi connectivity index (χ3n) is 5.18. The molecule has 1 aromatic carbocycles. The molecule has 1 aromatic heterocycles. The molecule has 1 fully saturated rings. The summed E-state index contributed by atoms with van der Waals surface area (Å²) in [5.41, 5.74) is 9.15. The summed E-state index contributed by atoms with van der Waals surface area (Å²) in [4.78, 5) is 12.0. The fourth-order valence-corrected chi connectivity index (χ4v) is 3.41. The molecule has 140 valence electrons. The highest BCUT2D eigenvalue weighted by Crippen LogP contribution is 2.46. The van der Waals surface area contributed by atoms with Crippen molar-refractivity contribution >= 4 is 16.9 Å². The van der Waals surface area contributed by atoms with E-state index in [2.05, 4.69) is 23.5 Å². The first-order chi connectivity index (χ1) is 13.0. The van der Waals surface area contributed by atoms with Crippen LogP contribution in [0.3, 0.4) is 0 Å².